The number of halogens is 1. The van der Waals surface area contributed by atoms with Crippen LogP contribution in [0.4, 0.5) is 10.7 Å². The number of carbonyl (C=O) groups excluding carboxylic acids is 2. The molecule has 30 heavy (non-hydrogen) atoms. The number of benzene rings is 1. The molecule has 1 aliphatic heterocycles. The van der Waals surface area contributed by atoms with Crippen molar-refractivity contribution in [3.8, 4) is 0 Å². The lowest BCUT2D eigenvalue weighted by molar-refractivity contribution is -0.114. The molecule has 0 fully saturated rings. The number of nitrogens with one attached hydrogen (secondary N) is 1. The summed E-state index contributed by atoms with van der Waals surface area (Å²) in [5, 5.41) is 3.53. The summed E-state index contributed by atoms with van der Waals surface area (Å²) in [6.07, 6.45) is 1.69. The Morgan fingerprint density at radius 3 is 2.57 bits per heavy atom. The average molecular weight is 472 g/mol. The molecule has 0 atom stereocenters. The van der Waals surface area contributed by atoms with E-state index in [0.29, 0.717) is 34.2 Å². The van der Waals surface area contributed by atoms with Crippen molar-refractivity contribution in [3.63, 3.8) is 0 Å². The number of hydrogen-bond donors (Lipinski definition) is 1. The second kappa shape index (κ2) is 8.93. The predicted octanol–water partition coefficient (Wildman–Crippen LogP) is 2.58. The first-order valence-corrected chi connectivity index (χ1v) is 12.1. The van der Waals surface area contributed by atoms with Crippen LogP contribution in [0.5, 0.6) is 0 Å². The summed E-state index contributed by atoms with van der Waals surface area (Å²) in [5.74, 6) is -1.09. The normalized spacial score (nSPS) is 14.1. The van der Waals surface area contributed by atoms with Crippen molar-refractivity contribution < 1.29 is 22.7 Å². The van der Waals surface area contributed by atoms with Crippen LogP contribution in [-0.2, 0) is 32.5 Å². The predicted molar refractivity (Wildman–Crippen MR) is 118 cm³/mol. The van der Waals surface area contributed by atoms with Gasteiger partial charge in [-0.05, 0) is 43.3 Å². The van der Waals surface area contributed by atoms with Gasteiger partial charge in [-0.1, -0.05) is 11.6 Å². The number of amides is 1. The Hall–Kier alpha value is -2.14. The van der Waals surface area contributed by atoms with Gasteiger partial charge in [-0.2, -0.15) is 0 Å². The van der Waals surface area contributed by atoms with Gasteiger partial charge in [0.2, 0.25) is 15.9 Å². The molecule has 3 rings (SSSR count). The third-order valence-electron chi connectivity index (χ3n) is 4.69. The van der Waals surface area contributed by atoms with Crippen LogP contribution in [0.1, 0.15) is 20.8 Å². The summed E-state index contributed by atoms with van der Waals surface area (Å²) >= 11 is 7.18. The molecule has 0 aliphatic carbocycles. The Bertz CT molecular complexity index is 1070. The molecule has 0 saturated heterocycles. The SMILES string of the molecule is COC(=O)c1c(NC(=O)CN(c2ccc(Cl)cc2)S(C)(=O)=O)sc2c1CCN(C)C2. The van der Waals surface area contributed by atoms with E-state index >= 15 is 0 Å². The number of ether oxygens (including phenoxy) is 1. The van der Waals surface area contributed by atoms with E-state index < -0.39 is 28.4 Å². The van der Waals surface area contributed by atoms with Crippen LogP contribution in [0.3, 0.4) is 0 Å². The Balaban J connectivity index is 1.87. The summed E-state index contributed by atoms with van der Waals surface area (Å²) in [6.45, 7) is 1.02. The lowest BCUT2D eigenvalue weighted by Gasteiger charge is -2.22. The number of nitrogens with zero attached hydrogens (tertiary/aromatic N) is 2. The number of fused-ring (bicyclic) bond motifs is 1. The van der Waals surface area contributed by atoms with Crippen molar-refractivity contribution in [2.24, 2.45) is 0 Å². The van der Waals surface area contributed by atoms with Gasteiger partial charge in [0.05, 0.1) is 24.6 Å². The minimum Gasteiger partial charge on any atom is -0.465 e. The fourth-order valence-electron chi connectivity index (χ4n) is 3.24. The van der Waals surface area contributed by atoms with Gasteiger partial charge in [0.15, 0.2) is 0 Å². The van der Waals surface area contributed by atoms with Gasteiger partial charge >= 0.3 is 5.97 Å². The lowest BCUT2D eigenvalue weighted by Crippen LogP contribution is -2.37. The summed E-state index contributed by atoms with van der Waals surface area (Å²) < 4.78 is 30.4. The van der Waals surface area contributed by atoms with Gasteiger partial charge in [-0.3, -0.25) is 9.10 Å². The fourth-order valence-corrected chi connectivity index (χ4v) is 5.56. The fraction of sp³-hybridized carbons (Fsp3) is 0.368. The second-order valence-corrected chi connectivity index (χ2v) is 10.4. The van der Waals surface area contributed by atoms with Gasteiger partial charge in [-0.15, -0.1) is 11.3 Å². The summed E-state index contributed by atoms with van der Waals surface area (Å²) in [6, 6.07) is 6.14. The van der Waals surface area contributed by atoms with Crippen LogP contribution in [0.25, 0.3) is 0 Å². The number of likely N-dealkylation sites (N-methyl/N-ethyl adjacent to an activating group) is 1. The monoisotopic (exact) mass is 471 g/mol. The molecule has 0 radical (unpaired) electrons. The van der Waals surface area contributed by atoms with Crippen LogP contribution in [-0.4, -0.2) is 58.7 Å². The number of sulfonamides is 1. The van der Waals surface area contributed by atoms with Crippen LogP contribution in [0.15, 0.2) is 24.3 Å². The number of carbonyl (C=O) groups is 2. The molecular formula is C19H22ClN3O5S2. The standard InChI is InChI=1S/C19H22ClN3O5S2/c1-22-9-8-14-15(10-22)29-18(17(14)19(25)28-2)21-16(24)11-23(30(3,26)27)13-6-4-12(20)5-7-13/h4-7H,8-11H2,1-3H3,(H,21,24). The molecule has 2 aromatic rings. The van der Waals surface area contributed by atoms with Crippen molar-refractivity contribution in [2.75, 3.05) is 43.1 Å². The van der Waals surface area contributed by atoms with Gasteiger partial charge in [0.1, 0.15) is 11.5 Å². The molecule has 8 nitrogen and oxygen atoms in total. The van der Waals surface area contributed by atoms with Crippen LogP contribution in [0.2, 0.25) is 5.02 Å². The van der Waals surface area contributed by atoms with Gasteiger partial charge in [0, 0.05) is 23.0 Å². The van der Waals surface area contributed by atoms with E-state index in [1.807, 2.05) is 7.05 Å². The van der Waals surface area contributed by atoms with Crippen LogP contribution >= 0.6 is 22.9 Å². The third-order valence-corrected chi connectivity index (χ3v) is 7.22. The average Bonchev–Trinajstić information content (AvgIpc) is 3.02. The maximum Gasteiger partial charge on any atom is 0.341 e. The highest BCUT2D eigenvalue weighted by atomic mass is 35.5. The highest BCUT2D eigenvalue weighted by Crippen LogP contribution is 2.37. The zero-order valence-corrected chi connectivity index (χ0v) is 19.2. The molecular weight excluding hydrogens is 450 g/mol. The lowest BCUT2D eigenvalue weighted by atomic mass is 10.0. The van der Waals surface area contributed by atoms with Gasteiger partial charge in [-0.25, -0.2) is 13.2 Å². The number of thiophene rings is 1. The summed E-state index contributed by atoms with van der Waals surface area (Å²) in [5.41, 5.74) is 1.53. The van der Waals surface area contributed by atoms with E-state index in [9.17, 15) is 18.0 Å². The largest absolute Gasteiger partial charge is 0.465 e. The first kappa shape index (κ1) is 22.5. The number of methoxy groups -OCH3 is 1. The van der Waals surface area contributed by atoms with E-state index in [4.69, 9.17) is 16.3 Å². The van der Waals surface area contributed by atoms with E-state index in [-0.39, 0.29) is 0 Å². The Labute approximate surface area is 184 Å². The Kier molecular flexibility index (Phi) is 6.71. The minimum atomic E-state index is -3.72. The number of rotatable bonds is 6. The molecule has 1 amide bonds. The molecule has 0 saturated carbocycles. The molecule has 1 aromatic carbocycles. The molecule has 11 heteroatoms. The van der Waals surface area contributed by atoms with E-state index in [0.717, 1.165) is 27.5 Å². The van der Waals surface area contributed by atoms with Crippen LogP contribution < -0.4 is 9.62 Å². The van der Waals surface area contributed by atoms with Gasteiger partial charge < -0.3 is 15.0 Å². The molecule has 0 spiro atoms. The summed E-state index contributed by atoms with van der Waals surface area (Å²) in [4.78, 5) is 28.2. The number of hydrogen-bond acceptors (Lipinski definition) is 7. The zero-order chi connectivity index (χ0) is 22.1. The van der Waals surface area contributed by atoms with E-state index in [1.165, 1.54) is 30.6 Å². The maximum atomic E-state index is 12.8. The quantitative estimate of drug-likeness (QED) is 0.650. The highest BCUT2D eigenvalue weighted by molar-refractivity contribution is 7.92. The van der Waals surface area contributed by atoms with Crippen molar-refractivity contribution >= 4 is 55.5 Å². The minimum absolute atomic E-state index is 0.317. The number of anilines is 2. The third kappa shape index (κ3) is 4.94. The number of esters is 1. The molecule has 2 heterocycles. The van der Waals surface area contributed by atoms with Crippen molar-refractivity contribution in [2.45, 2.75) is 13.0 Å². The maximum absolute atomic E-state index is 12.8. The molecule has 1 aromatic heterocycles. The van der Waals surface area contributed by atoms with Crippen molar-refractivity contribution in [1.29, 1.82) is 0 Å². The topological polar surface area (TPSA) is 96.0 Å². The van der Waals surface area contributed by atoms with E-state index in [1.54, 1.807) is 12.1 Å². The Morgan fingerprint density at radius 1 is 1.30 bits per heavy atom. The van der Waals surface area contributed by atoms with Crippen molar-refractivity contribution in [1.82, 2.24) is 4.90 Å². The first-order valence-electron chi connectivity index (χ1n) is 9.04. The van der Waals surface area contributed by atoms with Gasteiger partial charge in [0.25, 0.3) is 0 Å². The molecule has 0 unspecified atom stereocenters. The summed E-state index contributed by atoms with van der Waals surface area (Å²) in [7, 11) is -0.453. The Morgan fingerprint density at radius 2 is 1.97 bits per heavy atom. The molecule has 162 valence electrons. The second-order valence-electron chi connectivity index (χ2n) is 6.98. The zero-order valence-electron chi connectivity index (χ0n) is 16.8. The smallest absolute Gasteiger partial charge is 0.341 e. The molecule has 1 aliphatic rings. The molecule has 0 bridgehead atoms. The first-order chi connectivity index (χ1) is 14.1. The highest BCUT2D eigenvalue weighted by Gasteiger charge is 2.29. The molecule has 1 N–H and O–H groups in total. The van der Waals surface area contributed by atoms with E-state index in [2.05, 4.69) is 10.2 Å². The van der Waals surface area contributed by atoms with Crippen LogP contribution in [0, 0.1) is 0 Å². The van der Waals surface area contributed by atoms with Crippen molar-refractivity contribution in [3.05, 3.63) is 45.3 Å².